The van der Waals surface area contributed by atoms with Crippen LogP contribution in [0.3, 0.4) is 0 Å². The van der Waals surface area contributed by atoms with Crippen molar-refractivity contribution < 1.29 is 23.1 Å². The van der Waals surface area contributed by atoms with Crippen LogP contribution in [0.4, 0.5) is 0 Å². The largest absolute Gasteiger partial charge is 0.394 e. The van der Waals surface area contributed by atoms with Gasteiger partial charge in [0.25, 0.3) is 0 Å². The third-order valence-electron chi connectivity index (χ3n) is 2.79. The summed E-state index contributed by atoms with van der Waals surface area (Å²) < 4.78 is 31.8. The lowest BCUT2D eigenvalue weighted by molar-refractivity contribution is -0.109. The summed E-state index contributed by atoms with van der Waals surface area (Å²) in [4.78, 5) is 10.7. The smallest absolute Gasteiger partial charge is 0.241 e. The maximum Gasteiger partial charge on any atom is 0.241 e. The van der Waals surface area contributed by atoms with E-state index in [4.69, 9.17) is 5.11 Å². The van der Waals surface area contributed by atoms with Gasteiger partial charge < -0.3 is 14.6 Å². The topological polar surface area (TPSA) is 92.7 Å². The number of methoxy groups -OCH3 is 1. The molecule has 0 bridgehead atoms. The Kier molecular flexibility index (Phi) is 7.80. The fourth-order valence-electron chi connectivity index (χ4n) is 1.84. The molecule has 0 aromatic heterocycles. The third kappa shape index (κ3) is 5.08. The van der Waals surface area contributed by atoms with Crippen molar-refractivity contribution in [1.29, 1.82) is 0 Å². The number of halogens is 1. The average Bonchev–Trinajstić information content (AvgIpc) is 2.53. The van der Waals surface area contributed by atoms with E-state index in [1.807, 2.05) is 0 Å². The Labute approximate surface area is 143 Å². The van der Waals surface area contributed by atoms with Crippen LogP contribution in [0.2, 0.25) is 0 Å². The average molecular weight is 404 g/mol. The normalized spacial score (nSPS) is 12.3. The summed E-state index contributed by atoms with van der Waals surface area (Å²) >= 11 is 3.36. The van der Waals surface area contributed by atoms with E-state index < -0.39 is 22.7 Å². The lowest BCUT2D eigenvalue weighted by atomic mass is 10.1. The summed E-state index contributed by atoms with van der Waals surface area (Å²) in [6, 6.07) is 8.95. The van der Waals surface area contributed by atoms with Gasteiger partial charge >= 0.3 is 0 Å². The molecule has 0 saturated carbocycles. The molecule has 0 aliphatic heterocycles. The van der Waals surface area contributed by atoms with Crippen molar-refractivity contribution in [1.82, 2.24) is 4.72 Å². The summed E-state index contributed by atoms with van der Waals surface area (Å²) in [6.45, 7) is -0.586. The van der Waals surface area contributed by atoms with Crippen molar-refractivity contribution in [3.8, 4) is 0 Å². The molecular formula is C15H18BrNO5S. The summed E-state index contributed by atoms with van der Waals surface area (Å²) in [5.41, 5.74) is 0. The Hall–Kier alpha value is -1.32. The van der Waals surface area contributed by atoms with Crippen molar-refractivity contribution in [2.45, 2.75) is 10.9 Å². The molecule has 2 rings (SSSR count). The predicted molar refractivity (Wildman–Crippen MR) is 91.8 cm³/mol. The molecule has 23 heavy (non-hydrogen) atoms. The number of hydrogen-bond donors (Lipinski definition) is 2. The minimum absolute atomic E-state index is 0.0663. The van der Waals surface area contributed by atoms with Crippen LogP contribution >= 0.6 is 15.9 Å². The second-order valence-corrected chi connectivity index (χ2v) is 7.08. The molecule has 2 N–H and O–H groups in total. The fraction of sp³-hybridized carbons (Fsp3) is 0.267. The third-order valence-corrected chi connectivity index (χ3v) is 5.03. The molecule has 1 unspecified atom stereocenters. The molecule has 0 spiro atoms. The van der Waals surface area contributed by atoms with Gasteiger partial charge in [-0.25, -0.2) is 8.42 Å². The lowest BCUT2D eigenvalue weighted by Gasteiger charge is -2.13. The Morgan fingerprint density at radius 1 is 1.22 bits per heavy atom. The van der Waals surface area contributed by atoms with E-state index >= 15 is 0 Å². The van der Waals surface area contributed by atoms with Gasteiger partial charge in [0.15, 0.2) is 0 Å². The summed E-state index contributed by atoms with van der Waals surface area (Å²) in [5, 5.41) is 10.2. The Morgan fingerprint density at radius 3 is 2.30 bits per heavy atom. The molecule has 2 aromatic rings. The summed E-state index contributed by atoms with van der Waals surface area (Å²) in [5.74, 6) is 0. The quantitative estimate of drug-likeness (QED) is 0.741. The molecule has 0 aliphatic rings. The van der Waals surface area contributed by atoms with Crippen LogP contribution in [-0.2, 0) is 19.6 Å². The number of benzene rings is 2. The molecule has 6 nitrogen and oxygen atoms in total. The van der Waals surface area contributed by atoms with Gasteiger partial charge in [0.05, 0.1) is 11.5 Å². The molecule has 0 heterocycles. The molecule has 0 amide bonds. The maximum absolute atomic E-state index is 12.3. The molecule has 126 valence electrons. The second kappa shape index (κ2) is 9.09. The number of sulfonamides is 1. The van der Waals surface area contributed by atoms with Gasteiger partial charge in [-0.3, -0.25) is 0 Å². The number of ether oxygens (including phenoxy) is 1. The number of fused-ring (bicyclic) bond motifs is 1. The number of aliphatic hydroxyl groups is 1. The SMILES string of the molecule is COC.O=CC(CO)NS(=O)(=O)c1ccc(Br)c2ccccc12. The minimum atomic E-state index is -3.89. The zero-order valence-electron chi connectivity index (χ0n) is 12.7. The van der Waals surface area contributed by atoms with Crippen LogP contribution < -0.4 is 4.72 Å². The summed E-state index contributed by atoms with van der Waals surface area (Å²) in [6.07, 6.45) is 0.360. The van der Waals surface area contributed by atoms with Crippen LogP contribution in [0.25, 0.3) is 10.8 Å². The van der Waals surface area contributed by atoms with Crippen molar-refractivity contribution in [2.24, 2.45) is 0 Å². The lowest BCUT2D eigenvalue weighted by Crippen LogP contribution is -2.38. The highest BCUT2D eigenvalue weighted by Crippen LogP contribution is 2.29. The van der Waals surface area contributed by atoms with E-state index in [2.05, 4.69) is 25.4 Å². The van der Waals surface area contributed by atoms with Gasteiger partial charge in [-0.05, 0) is 17.5 Å². The van der Waals surface area contributed by atoms with E-state index in [1.165, 1.54) is 6.07 Å². The molecule has 2 aromatic carbocycles. The van der Waals surface area contributed by atoms with E-state index in [0.717, 1.165) is 9.86 Å². The number of carbonyl (C=O) groups is 1. The van der Waals surface area contributed by atoms with E-state index in [1.54, 1.807) is 44.6 Å². The number of aliphatic hydroxyl groups excluding tert-OH is 1. The molecule has 0 saturated heterocycles. The minimum Gasteiger partial charge on any atom is -0.394 e. The molecule has 8 heteroatoms. The Bertz CT molecular complexity index is 764. The first-order valence-electron chi connectivity index (χ1n) is 6.57. The second-order valence-electron chi connectivity index (χ2n) is 4.55. The number of nitrogens with one attached hydrogen (secondary N) is 1. The first-order valence-corrected chi connectivity index (χ1v) is 8.84. The monoisotopic (exact) mass is 403 g/mol. The van der Waals surface area contributed by atoms with Gasteiger partial charge in [0, 0.05) is 24.1 Å². The van der Waals surface area contributed by atoms with Gasteiger partial charge in [0.2, 0.25) is 10.0 Å². The highest BCUT2D eigenvalue weighted by Gasteiger charge is 2.21. The number of aldehydes is 1. The molecule has 0 radical (unpaired) electrons. The maximum atomic E-state index is 12.3. The van der Waals surface area contributed by atoms with E-state index in [9.17, 15) is 13.2 Å². The van der Waals surface area contributed by atoms with Gasteiger partial charge in [-0.2, -0.15) is 4.72 Å². The highest BCUT2D eigenvalue weighted by molar-refractivity contribution is 9.10. The predicted octanol–water partition coefficient (Wildman–Crippen LogP) is 1.70. The number of hydrogen-bond acceptors (Lipinski definition) is 5. The van der Waals surface area contributed by atoms with Crippen molar-refractivity contribution in [2.75, 3.05) is 20.8 Å². The Morgan fingerprint density at radius 2 is 1.78 bits per heavy atom. The van der Waals surface area contributed by atoms with Crippen LogP contribution in [0.1, 0.15) is 0 Å². The van der Waals surface area contributed by atoms with Crippen LogP contribution in [-0.4, -0.2) is 46.7 Å². The van der Waals surface area contributed by atoms with E-state index in [0.29, 0.717) is 11.7 Å². The van der Waals surface area contributed by atoms with E-state index in [-0.39, 0.29) is 4.90 Å². The molecule has 1 atom stereocenters. The zero-order chi connectivity index (χ0) is 17.5. The van der Waals surface area contributed by atoms with Gasteiger partial charge in [0.1, 0.15) is 12.3 Å². The van der Waals surface area contributed by atoms with Crippen LogP contribution in [0, 0.1) is 0 Å². The van der Waals surface area contributed by atoms with Crippen molar-refractivity contribution in [3.63, 3.8) is 0 Å². The highest BCUT2D eigenvalue weighted by atomic mass is 79.9. The van der Waals surface area contributed by atoms with Gasteiger partial charge in [-0.1, -0.05) is 40.2 Å². The standard InChI is InChI=1S/C13H12BrNO4S.C2H6O/c14-12-5-6-13(11-4-2-1-3-10(11)12)20(18,19)15-9(7-16)8-17;1-3-2/h1-7,9,15,17H,8H2;1-2H3. The first-order chi connectivity index (χ1) is 10.9. The number of carbonyl (C=O) groups excluding carboxylic acids is 1. The Balaban J connectivity index is 0.000000816. The molecule has 0 aliphatic carbocycles. The zero-order valence-corrected chi connectivity index (χ0v) is 15.1. The van der Waals surface area contributed by atoms with Crippen molar-refractivity contribution >= 4 is 43.0 Å². The fourth-order valence-corrected chi connectivity index (χ4v) is 3.69. The van der Waals surface area contributed by atoms with Crippen LogP contribution in [0.5, 0.6) is 0 Å². The number of rotatable bonds is 5. The van der Waals surface area contributed by atoms with Crippen molar-refractivity contribution in [3.05, 3.63) is 40.9 Å². The van der Waals surface area contributed by atoms with Gasteiger partial charge in [-0.15, -0.1) is 0 Å². The summed E-state index contributed by atoms with van der Waals surface area (Å²) in [7, 11) is -0.639. The first kappa shape index (κ1) is 19.7. The van der Waals surface area contributed by atoms with Crippen LogP contribution in [0.15, 0.2) is 45.8 Å². The molecule has 0 fully saturated rings. The molecular weight excluding hydrogens is 386 g/mol.